The number of carbonyl (C=O) groups is 1. The van der Waals surface area contributed by atoms with Crippen molar-refractivity contribution < 1.29 is 4.79 Å². The Bertz CT molecular complexity index is 902. The highest BCUT2D eigenvalue weighted by Crippen LogP contribution is 2.15. The van der Waals surface area contributed by atoms with Gasteiger partial charge in [-0.3, -0.25) is 4.79 Å². The van der Waals surface area contributed by atoms with Crippen LogP contribution in [0.3, 0.4) is 0 Å². The second-order valence-electron chi connectivity index (χ2n) is 6.51. The summed E-state index contributed by atoms with van der Waals surface area (Å²) >= 11 is 1.59. The Labute approximate surface area is 156 Å². The van der Waals surface area contributed by atoms with Crippen LogP contribution in [0.2, 0.25) is 0 Å². The lowest BCUT2D eigenvalue weighted by atomic mass is 10.1. The molecule has 0 fully saturated rings. The van der Waals surface area contributed by atoms with Crippen molar-refractivity contribution in [2.45, 2.75) is 32.7 Å². The van der Waals surface area contributed by atoms with Crippen molar-refractivity contribution >= 4 is 17.2 Å². The molecule has 0 atom stereocenters. The molecule has 1 aliphatic rings. The van der Waals surface area contributed by atoms with Gasteiger partial charge in [-0.05, 0) is 12.5 Å². The van der Waals surface area contributed by atoms with E-state index < -0.39 is 0 Å². The summed E-state index contributed by atoms with van der Waals surface area (Å²) in [5.74, 6) is 2.07. The molecule has 1 aliphatic heterocycles. The molecule has 4 rings (SSSR count). The molecule has 0 spiro atoms. The maximum Gasteiger partial charge on any atom is 0.228 e. The van der Waals surface area contributed by atoms with Gasteiger partial charge in [0.05, 0.1) is 17.1 Å². The van der Waals surface area contributed by atoms with Crippen LogP contribution in [0.5, 0.6) is 0 Å². The highest BCUT2D eigenvalue weighted by Gasteiger charge is 2.22. The predicted molar refractivity (Wildman–Crippen MR) is 100 cm³/mol. The van der Waals surface area contributed by atoms with Crippen molar-refractivity contribution in [3.8, 4) is 0 Å². The quantitative estimate of drug-likeness (QED) is 0.710. The fourth-order valence-electron chi connectivity index (χ4n) is 3.30. The third kappa shape index (κ3) is 3.67. The summed E-state index contributed by atoms with van der Waals surface area (Å²) in [6.07, 6.45) is 1.88. The Hall–Kier alpha value is -2.54. The van der Waals surface area contributed by atoms with Gasteiger partial charge in [0.1, 0.15) is 11.6 Å². The number of nitrogens with zero attached hydrogens (tertiary/aromatic N) is 5. The second-order valence-corrected chi connectivity index (χ2v) is 7.57. The summed E-state index contributed by atoms with van der Waals surface area (Å²) in [6.45, 7) is 4.08. The van der Waals surface area contributed by atoms with E-state index in [9.17, 15) is 4.79 Å². The van der Waals surface area contributed by atoms with Crippen molar-refractivity contribution in [2.75, 3.05) is 13.1 Å². The monoisotopic (exact) mass is 367 g/mol. The topological polar surface area (TPSA) is 63.9 Å². The van der Waals surface area contributed by atoms with Gasteiger partial charge in [0.15, 0.2) is 0 Å². The molecule has 7 heteroatoms. The molecule has 1 amide bonds. The van der Waals surface area contributed by atoms with Gasteiger partial charge in [0.2, 0.25) is 5.91 Å². The minimum absolute atomic E-state index is 0.138. The molecule has 1 aromatic carbocycles. The number of rotatable bonds is 4. The van der Waals surface area contributed by atoms with E-state index in [0.717, 1.165) is 41.7 Å². The van der Waals surface area contributed by atoms with Crippen molar-refractivity contribution in [2.24, 2.45) is 0 Å². The van der Waals surface area contributed by atoms with Crippen LogP contribution in [-0.4, -0.2) is 43.6 Å². The molecule has 0 saturated carbocycles. The Morgan fingerprint density at radius 3 is 2.77 bits per heavy atom. The molecule has 0 N–H and O–H groups in total. The number of amides is 1. The Balaban J connectivity index is 1.43. The lowest BCUT2D eigenvalue weighted by Crippen LogP contribution is -2.35. The van der Waals surface area contributed by atoms with E-state index in [1.165, 1.54) is 5.56 Å². The van der Waals surface area contributed by atoms with Gasteiger partial charge in [-0.15, -0.1) is 21.5 Å². The highest BCUT2D eigenvalue weighted by molar-refractivity contribution is 7.09. The van der Waals surface area contributed by atoms with Gasteiger partial charge in [0, 0.05) is 37.9 Å². The van der Waals surface area contributed by atoms with Crippen molar-refractivity contribution in [3.63, 3.8) is 0 Å². The first-order chi connectivity index (χ1) is 12.7. The molecule has 6 nitrogen and oxygen atoms in total. The minimum Gasteiger partial charge on any atom is -0.340 e. The number of hydrogen-bond donors (Lipinski definition) is 0. The fourth-order valence-corrected chi connectivity index (χ4v) is 3.91. The largest absolute Gasteiger partial charge is 0.340 e. The van der Waals surface area contributed by atoms with Crippen LogP contribution in [0.15, 0.2) is 35.7 Å². The zero-order chi connectivity index (χ0) is 17.9. The van der Waals surface area contributed by atoms with Crippen LogP contribution >= 0.6 is 11.3 Å². The first-order valence-corrected chi connectivity index (χ1v) is 9.70. The molecule has 0 aliphatic carbocycles. The van der Waals surface area contributed by atoms with Crippen LogP contribution in [0, 0.1) is 6.92 Å². The molecule has 134 valence electrons. The highest BCUT2D eigenvalue weighted by atomic mass is 32.1. The number of thiazole rings is 1. The molecule has 0 saturated heterocycles. The van der Waals surface area contributed by atoms with E-state index in [1.54, 1.807) is 11.3 Å². The Morgan fingerprint density at radius 1 is 1.15 bits per heavy atom. The molecule has 0 bridgehead atoms. The molecule has 0 radical (unpaired) electrons. The predicted octanol–water partition coefficient (Wildman–Crippen LogP) is 2.26. The van der Waals surface area contributed by atoms with Crippen molar-refractivity contribution in [3.05, 3.63) is 63.6 Å². The normalized spacial score (nSPS) is 14.1. The van der Waals surface area contributed by atoms with E-state index in [4.69, 9.17) is 0 Å². The number of aryl methyl sites for hydroxylation is 1. The van der Waals surface area contributed by atoms with Crippen LogP contribution in [0.25, 0.3) is 0 Å². The maximum atomic E-state index is 12.6. The summed E-state index contributed by atoms with van der Waals surface area (Å²) in [5.41, 5.74) is 2.09. The molecule has 26 heavy (non-hydrogen) atoms. The summed E-state index contributed by atoms with van der Waals surface area (Å²) in [6, 6.07) is 10.3. The van der Waals surface area contributed by atoms with E-state index in [-0.39, 0.29) is 5.91 Å². The van der Waals surface area contributed by atoms with Gasteiger partial charge in [-0.25, -0.2) is 4.98 Å². The molecule has 2 aromatic heterocycles. The summed E-state index contributed by atoms with van der Waals surface area (Å²) < 4.78 is 2.17. The zero-order valence-corrected chi connectivity index (χ0v) is 15.6. The average molecular weight is 367 g/mol. The van der Waals surface area contributed by atoms with Crippen LogP contribution in [0.4, 0.5) is 0 Å². The van der Waals surface area contributed by atoms with Gasteiger partial charge < -0.3 is 9.47 Å². The summed E-state index contributed by atoms with van der Waals surface area (Å²) in [7, 11) is 0. The van der Waals surface area contributed by atoms with Crippen molar-refractivity contribution in [1.29, 1.82) is 0 Å². The SMILES string of the molecule is Cc1nc(CC(=O)N2CCc3nnc(Cc4ccccc4)n3CC2)cs1. The van der Waals surface area contributed by atoms with Gasteiger partial charge in [-0.2, -0.15) is 0 Å². The van der Waals surface area contributed by atoms with E-state index in [1.807, 2.05) is 35.4 Å². The Morgan fingerprint density at radius 2 is 2.00 bits per heavy atom. The third-order valence-corrected chi connectivity index (χ3v) is 5.48. The number of fused-ring (bicyclic) bond motifs is 1. The summed E-state index contributed by atoms with van der Waals surface area (Å²) in [4.78, 5) is 19.0. The van der Waals surface area contributed by atoms with Gasteiger partial charge >= 0.3 is 0 Å². The number of aromatic nitrogens is 4. The van der Waals surface area contributed by atoms with Crippen LogP contribution in [-0.2, 0) is 30.6 Å². The maximum absolute atomic E-state index is 12.6. The number of carbonyl (C=O) groups excluding carboxylic acids is 1. The first-order valence-electron chi connectivity index (χ1n) is 8.83. The number of hydrogen-bond acceptors (Lipinski definition) is 5. The summed E-state index contributed by atoms with van der Waals surface area (Å²) in [5, 5.41) is 11.7. The first kappa shape index (κ1) is 16.9. The third-order valence-electron chi connectivity index (χ3n) is 4.66. The minimum atomic E-state index is 0.138. The average Bonchev–Trinajstić information content (AvgIpc) is 3.15. The molecule has 3 aromatic rings. The van der Waals surface area contributed by atoms with Crippen LogP contribution < -0.4 is 0 Å². The van der Waals surface area contributed by atoms with Crippen LogP contribution in [0.1, 0.15) is 27.9 Å². The lowest BCUT2D eigenvalue weighted by Gasteiger charge is -2.19. The van der Waals surface area contributed by atoms with Gasteiger partial charge in [-0.1, -0.05) is 30.3 Å². The molecular weight excluding hydrogens is 346 g/mol. The zero-order valence-electron chi connectivity index (χ0n) is 14.8. The Kier molecular flexibility index (Phi) is 4.79. The van der Waals surface area contributed by atoms with Crippen molar-refractivity contribution in [1.82, 2.24) is 24.6 Å². The van der Waals surface area contributed by atoms with E-state index in [0.29, 0.717) is 19.5 Å². The van der Waals surface area contributed by atoms with Gasteiger partial charge in [0.25, 0.3) is 0 Å². The molecule has 3 heterocycles. The second kappa shape index (κ2) is 7.37. The fraction of sp³-hybridized carbons (Fsp3) is 0.368. The van der Waals surface area contributed by atoms with E-state index in [2.05, 4.69) is 31.9 Å². The smallest absolute Gasteiger partial charge is 0.228 e. The number of benzene rings is 1. The lowest BCUT2D eigenvalue weighted by molar-refractivity contribution is -0.130. The molecular formula is C19H21N5OS. The standard InChI is InChI=1S/C19H21N5OS/c1-14-20-16(13-26-14)12-19(25)23-8-7-17-21-22-18(24(17)10-9-23)11-15-5-3-2-4-6-15/h2-6,13H,7-12H2,1H3. The molecule has 0 unspecified atom stereocenters. The van der Waals surface area contributed by atoms with E-state index >= 15 is 0 Å².